The van der Waals surface area contributed by atoms with E-state index in [1.54, 1.807) is 38.6 Å². The molecular formula is C25H27ClN2O4. The summed E-state index contributed by atoms with van der Waals surface area (Å²) in [5.74, 6) is 1.60. The van der Waals surface area contributed by atoms with Crippen molar-refractivity contribution in [2.45, 2.75) is 39.5 Å². The lowest BCUT2D eigenvalue weighted by atomic mass is 10.1. The number of nitrogens with zero attached hydrogens (tertiary/aromatic N) is 1. The van der Waals surface area contributed by atoms with Gasteiger partial charge in [0.05, 0.1) is 13.2 Å². The van der Waals surface area contributed by atoms with E-state index in [2.05, 4.69) is 10.3 Å². The number of halogens is 1. The van der Waals surface area contributed by atoms with Gasteiger partial charge in [-0.1, -0.05) is 17.7 Å². The molecule has 0 radical (unpaired) electrons. The molecule has 1 N–H and O–H groups in total. The van der Waals surface area contributed by atoms with Crippen molar-refractivity contribution in [3.8, 4) is 17.2 Å². The molecule has 6 nitrogen and oxygen atoms in total. The van der Waals surface area contributed by atoms with Gasteiger partial charge < -0.3 is 19.5 Å². The van der Waals surface area contributed by atoms with Crippen LogP contribution in [0.3, 0.4) is 0 Å². The maximum Gasteiger partial charge on any atom is 0.261 e. The van der Waals surface area contributed by atoms with E-state index in [1.807, 2.05) is 50.2 Å². The van der Waals surface area contributed by atoms with Gasteiger partial charge in [-0.2, -0.15) is 0 Å². The smallest absolute Gasteiger partial charge is 0.261 e. The number of carbonyl (C=O) groups is 1. The number of amides is 1. The van der Waals surface area contributed by atoms with Crippen molar-refractivity contribution in [3.63, 3.8) is 0 Å². The van der Waals surface area contributed by atoms with Gasteiger partial charge in [0.15, 0.2) is 17.6 Å². The van der Waals surface area contributed by atoms with Crippen LogP contribution in [0.15, 0.2) is 60.9 Å². The molecule has 2 unspecified atom stereocenters. The number of methoxy groups -OCH3 is 1. The van der Waals surface area contributed by atoms with Gasteiger partial charge in [-0.05, 0) is 79.9 Å². The van der Waals surface area contributed by atoms with E-state index in [9.17, 15) is 4.79 Å². The van der Waals surface area contributed by atoms with Gasteiger partial charge in [-0.3, -0.25) is 9.78 Å². The summed E-state index contributed by atoms with van der Waals surface area (Å²) in [6.07, 6.45) is 2.78. The summed E-state index contributed by atoms with van der Waals surface area (Å²) in [7, 11) is 1.59. The average molecular weight is 455 g/mol. The first-order chi connectivity index (χ1) is 15.4. The summed E-state index contributed by atoms with van der Waals surface area (Å²) in [6, 6.07) is 14.5. The van der Waals surface area contributed by atoms with Crippen molar-refractivity contribution in [1.29, 1.82) is 0 Å². The van der Waals surface area contributed by atoms with Gasteiger partial charge in [0.25, 0.3) is 5.91 Å². The van der Waals surface area contributed by atoms with E-state index in [-0.39, 0.29) is 11.9 Å². The van der Waals surface area contributed by atoms with Gasteiger partial charge in [0.1, 0.15) is 12.4 Å². The molecule has 0 saturated heterocycles. The van der Waals surface area contributed by atoms with Crippen LogP contribution in [0, 0.1) is 6.92 Å². The Morgan fingerprint density at radius 3 is 2.50 bits per heavy atom. The van der Waals surface area contributed by atoms with Crippen LogP contribution in [0.1, 0.15) is 36.6 Å². The highest BCUT2D eigenvalue weighted by atomic mass is 35.5. The molecule has 3 aromatic rings. The molecule has 0 aliphatic carbocycles. The predicted molar refractivity (Wildman–Crippen MR) is 124 cm³/mol. The van der Waals surface area contributed by atoms with Gasteiger partial charge >= 0.3 is 0 Å². The molecule has 0 fully saturated rings. The SMILES string of the molecule is COc1cc(C(C)NC(=O)C(C)Oc2ccc(Cl)c(C)c2)ccc1OCc1ccncc1. The third kappa shape index (κ3) is 6.14. The second-order valence-corrected chi connectivity index (χ2v) is 7.86. The van der Waals surface area contributed by atoms with Gasteiger partial charge in [-0.15, -0.1) is 0 Å². The Hall–Kier alpha value is -3.25. The first-order valence-corrected chi connectivity index (χ1v) is 10.7. The van der Waals surface area contributed by atoms with E-state index in [0.29, 0.717) is 28.9 Å². The normalized spacial score (nSPS) is 12.5. The molecule has 0 bridgehead atoms. The van der Waals surface area contributed by atoms with Crippen LogP contribution in [-0.2, 0) is 11.4 Å². The first kappa shape index (κ1) is 23.4. The van der Waals surface area contributed by atoms with Crippen molar-refractivity contribution in [1.82, 2.24) is 10.3 Å². The van der Waals surface area contributed by atoms with Crippen molar-refractivity contribution < 1.29 is 19.0 Å². The minimum Gasteiger partial charge on any atom is -0.493 e. The second kappa shape index (κ2) is 10.9. The fourth-order valence-electron chi connectivity index (χ4n) is 3.08. The number of hydrogen-bond donors (Lipinski definition) is 1. The molecule has 0 saturated carbocycles. The largest absolute Gasteiger partial charge is 0.493 e. The van der Waals surface area contributed by atoms with Crippen LogP contribution in [0.2, 0.25) is 5.02 Å². The summed E-state index contributed by atoms with van der Waals surface area (Å²) in [4.78, 5) is 16.6. The number of ether oxygens (including phenoxy) is 3. The number of rotatable bonds is 9. The molecule has 2 aromatic carbocycles. The molecule has 7 heteroatoms. The number of aromatic nitrogens is 1. The Kier molecular flexibility index (Phi) is 7.95. The van der Waals surface area contributed by atoms with Gasteiger partial charge in [0.2, 0.25) is 0 Å². The molecule has 2 atom stereocenters. The van der Waals surface area contributed by atoms with E-state index < -0.39 is 6.10 Å². The molecule has 1 amide bonds. The Balaban J connectivity index is 1.61. The van der Waals surface area contributed by atoms with Crippen LogP contribution < -0.4 is 19.5 Å². The summed E-state index contributed by atoms with van der Waals surface area (Å²) < 4.78 is 17.1. The fraction of sp³-hybridized carbons (Fsp3) is 0.280. The van der Waals surface area contributed by atoms with Crippen molar-refractivity contribution in [2.75, 3.05) is 7.11 Å². The maximum absolute atomic E-state index is 12.6. The highest BCUT2D eigenvalue weighted by Gasteiger charge is 2.19. The zero-order valence-corrected chi connectivity index (χ0v) is 19.3. The number of benzene rings is 2. The van der Waals surface area contributed by atoms with Crippen molar-refractivity contribution in [3.05, 3.63) is 82.6 Å². The topological polar surface area (TPSA) is 69.7 Å². The monoisotopic (exact) mass is 454 g/mol. The molecule has 0 aliphatic rings. The predicted octanol–water partition coefficient (Wildman–Crippen LogP) is 5.28. The Morgan fingerprint density at radius 1 is 1.06 bits per heavy atom. The highest BCUT2D eigenvalue weighted by Crippen LogP contribution is 2.31. The van der Waals surface area contributed by atoms with Crippen molar-refractivity contribution in [2.24, 2.45) is 0 Å². The Bertz CT molecular complexity index is 1060. The third-order valence-corrected chi connectivity index (χ3v) is 5.43. The molecular weight excluding hydrogens is 428 g/mol. The minimum atomic E-state index is -0.664. The molecule has 1 heterocycles. The van der Waals surface area contributed by atoms with Crippen LogP contribution in [0.4, 0.5) is 0 Å². The first-order valence-electron chi connectivity index (χ1n) is 10.3. The van der Waals surface area contributed by atoms with Crippen LogP contribution in [0.5, 0.6) is 17.2 Å². The van der Waals surface area contributed by atoms with Gasteiger partial charge in [0, 0.05) is 17.4 Å². The Morgan fingerprint density at radius 2 is 1.81 bits per heavy atom. The summed E-state index contributed by atoms with van der Waals surface area (Å²) in [5, 5.41) is 3.64. The molecule has 3 rings (SSSR count). The summed E-state index contributed by atoms with van der Waals surface area (Å²) >= 11 is 6.05. The number of hydrogen-bond acceptors (Lipinski definition) is 5. The van der Waals surface area contributed by atoms with E-state index in [4.69, 9.17) is 25.8 Å². The highest BCUT2D eigenvalue weighted by molar-refractivity contribution is 6.31. The average Bonchev–Trinajstić information content (AvgIpc) is 2.80. The van der Waals surface area contributed by atoms with Crippen LogP contribution in [0.25, 0.3) is 0 Å². The van der Waals surface area contributed by atoms with E-state index in [1.165, 1.54) is 0 Å². The van der Waals surface area contributed by atoms with Crippen LogP contribution in [-0.4, -0.2) is 24.1 Å². The number of pyridine rings is 1. The zero-order chi connectivity index (χ0) is 23.1. The van der Waals surface area contributed by atoms with E-state index in [0.717, 1.165) is 16.7 Å². The summed E-state index contributed by atoms with van der Waals surface area (Å²) in [5.41, 5.74) is 2.79. The lowest BCUT2D eigenvalue weighted by Crippen LogP contribution is -2.37. The second-order valence-electron chi connectivity index (χ2n) is 7.46. The molecule has 0 aliphatic heterocycles. The molecule has 1 aromatic heterocycles. The molecule has 0 spiro atoms. The minimum absolute atomic E-state index is 0.220. The number of carbonyl (C=O) groups excluding carboxylic acids is 1. The quantitative estimate of drug-likeness (QED) is 0.476. The van der Waals surface area contributed by atoms with E-state index >= 15 is 0 Å². The zero-order valence-electron chi connectivity index (χ0n) is 18.6. The maximum atomic E-state index is 12.6. The molecule has 168 valence electrons. The standard InChI is InChI=1S/C25H27ClN2O4/c1-16-13-21(6-7-22(16)26)32-18(3)25(29)28-17(2)20-5-8-23(24(14-20)30-4)31-15-19-9-11-27-12-10-19/h5-14,17-18H,15H2,1-4H3,(H,28,29). The molecule has 32 heavy (non-hydrogen) atoms. The number of nitrogens with one attached hydrogen (secondary N) is 1. The fourth-order valence-corrected chi connectivity index (χ4v) is 3.19. The van der Waals surface area contributed by atoms with Crippen LogP contribution >= 0.6 is 11.6 Å². The van der Waals surface area contributed by atoms with Crippen molar-refractivity contribution >= 4 is 17.5 Å². The third-order valence-electron chi connectivity index (χ3n) is 5.00. The number of aryl methyl sites for hydroxylation is 1. The van der Waals surface area contributed by atoms with Gasteiger partial charge in [-0.25, -0.2) is 0 Å². The lowest BCUT2D eigenvalue weighted by Gasteiger charge is -2.20. The summed E-state index contributed by atoms with van der Waals surface area (Å²) in [6.45, 7) is 5.91. The Labute approximate surface area is 193 Å². The lowest BCUT2D eigenvalue weighted by molar-refractivity contribution is -0.127.